The molecule has 2 aliphatic rings. The van der Waals surface area contributed by atoms with Gasteiger partial charge in [-0.05, 0) is 80.4 Å². The summed E-state index contributed by atoms with van der Waals surface area (Å²) in [5, 5.41) is 4.75. The van der Waals surface area contributed by atoms with Crippen LogP contribution in [-0.4, -0.2) is 0 Å². The summed E-state index contributed by atoms with van der Waals surface area (Å²) in [6.45, 7) is 4.73. The van der Waals surface area contributed by atoms with E-state index >= 15 is 0 Å². The van der Waals surface area contributed by atoms with Crippen LogP contribution >= 0.6 is 11.3 Å². The molecule has 2 aliphatic carbocycles. The van der Waals surface area contributed by atoms with Crippen molar-refractivity contribution in [2.24, 2.45) is 0 Å². The molecule has 0 atom stereocenters. The van der Waals surface area contributed by atoms with Gasteiger partial charge in [-0.3, -0.25) is 0 Å². The second kappa shape index (κ2) is 12.7. The maximum atomic E-state index is 7.54. The second-order valence-electron chi connectivity index (χ2n) is 17.1. The molecule has 11 aromatic rings. The van der Waals surface area contributed by atoms with Gasteiger partial charge in [0.05, 0.1) is 21.5 Å². The Morgan fingerprint density at radius 1 is 0.410 bits per heavy atom. The van der Waals surface area contributed by atoms with Crippen molar-refractivity contribution in [3.8, 4) is 22.3 Å². The maximum absolute atomic E-state index is 7.54. The number of furan rings is 1. The third-order valence-electron chi connectivity index (χ3n) is 13.8. The number of hydrogen-bond acceptors (Lipinski definition) is 3. The van der Waals surface area contributed by atoms with Gasteiger partial charge in [0.25, 0.3) is 0 Å². The molecule has 13 rings (SSSR count). The van der Waals surface area contributed by atoms with Gasteiger partial charge in [0.15, 0.2) is 5.58 Å². The summed E-state index contributed by atoms with van der Waals surface area (Å²) in [6, 6.07) is 73.9. The SMILES string of the molecule is CC1(C)c2ccccc2-c2ccc(N(c3cccc4c3oc3c(C5(c6ccccc6)c6ccccc6-c6ccccc65)cccc34)c3cccc4c3sc3ccccc34)cc21. The van der Waals surface area contributed by atoms with Gasteiger partial charge in [-0.25, -0.2) is 0 Å². The Balaban J connectivity index is 1.11. The summed E-state index contributed by atoms with van der Waals surface area (Å²) >= 11 is 1.86. The Morgan fingerprint density at radius 2 is 0.951 bits per heavy atom. The highest BCUT2D eigenvalue weighted by atomic mass is 32.1. The van der Waals surface area contributed by atoms with E-state index in [9.17, 15) is 0 Å². The number of para-hydroxylation sites is 2. The van der Waals surface area contributed by atoms with Crippen LogP contribution in [0.5, 0.6) is 0 Å². The lowest BCUT2D eigenvalue weighted by atomic mass is 9.67. The van der Waals surface area contributed by atoms with Crippen LogP contribution in [0, 0.1) is 0 Å². The van der Waals surface area contributed by atoms with Crippen molar-refractivity contribution < 1.29 is 4.42 Å². The largest absolute Gasteiger partial charge is 0.453 e. The summed E-state index contributed by atoms with van der Waals surface area (Å²) in [4.78, 5) is 2.47. The summed E-state index contributed by atoms with van der Waals surface area (Å²) in [5.41, 5.74) is 17.1. The Hall–Kier alpha value is -7.20. The molecule has 0 N–H and O–H groups in total. The highest BCUT2D eigenvalue weighted by Gasteiger charge is 2.47. The lowest BCUT2D eigenvalue weighted by Crippen LogP contribution is -2.28. The Bertz CT molecular complexity index is 3540. The molecule has 0 unspecified atom stereocenters. The Kier molecular flexibility index (Phi) is 7.19. The van der Waals surface area contributed by atoms with E-state index in [1.165, 1.54) is 70.2 Å². The number of fused-ring (bicyclic) bond motifs is 12. The zero-order chi connectivity index (χ0) is 40.5. The number of anilines is 3. The summed E-state index contributed by atoms with van der Waals surface area (Å²) in [7, 11) is 0. The summed E-state index contributed by atoms with van der Waals surface area (Å²) < 4.78 is 10.1. The number of rotatable bonds is 5. The average molecular weight is 798 g/mol. The topological polar surface area (TPSA) is 16.4 Å². The lowest BCUT2D eigenvalue weighted by Gasteiger charge is -2.33. The molecule has 61 heavy (non-hydrogen) atoms. The molecule has 9 aromatic carbocycles. The first kappa shape index (κ1) is 34.6. The molecule has 3 heteroatoms. The molecule has 0 amide bonds. The van der Waals surface area contributed by atoms with Crippen LogP contribution in [0.1, 0.15) is 47.2 Å². The fraction of sp³-hybridized carbons (Fsp3) is 0.0690. The molecule has 2 heterocycles. The minimum atomic E-state index is -0.592. The van der Waals surface area contributed by atoms with E-state index < -0.39 is 5.41 Å². The first-order chi connectivity index (χ1) is 30.0. The first-order valence-electron chi connectivity index (χ1n) is 21.2. The quantitative estimate of drug-likeness (QED) is 0.172. The highest BCUT2D eigenvalue weighted by Crippen LogP contribution is 2.58. The standard InChI is InChI=1S/C58H39NOS/c1-57(2)46-26-10-6-19-38(46)41-34-33-37(35-50(41)57)59(52-31-16-25-45-42-22-9-13-32-53(42)61-56(45)52)51-30-15-24-44-43-23-14-29-49(54(43)60-55(44)51)58(36-17-4-3-5-18-36)47-27-11-7-20-39(47)40-21-8-12-28-48(40)58/h3-35H,1-2H3. The van der Waals surface area contributed by atoms with Gasteiger partial charge >= 0.3 is 0 Å². The summed E-state index contributed by atoms with van der Waals surface area (Å²) in [5.74, 6) is 0. The predicted molar refractivity (Wildman–Crippen MR) is 256 cm³/mol. The molecule has 0 spiro atoms. The molecule has 2 aromatic heterocycles. The lowest BCUT2D eigenvalue weighted by molar-refractivity contribution is 0.648. The van der Waals surface area contributed by atoms with Gasteiger partial charge in [0.1, 0.15) is 5.58 Å². The van der Waals surface area contributed by atoms with Crippen LogP contribution < -0.4 is 4.90 Å². The zero-order valence-corrected chi connectivity index (χ0v) is 34.6. The molecule has 0 bridgehead atoms. The minimum absolute atomic E-state index is 0.156. The first-order valence-corrected chi connectivity index (χ1v) is 22.0. The molecule has 288 valence electrons. The van der Waals surface area contributed by atoms with Gasteiger partial charge in [0.2, 0.25) is 0 Å². The van der Waals surface area contributed by atoms with Crippen LogP contribution in [0.4, 0.5) is 17.1 Å². The van der Waals surface area contributed by atoms with E-state index in [0.717, 1.165) is 44.6 Å². The van der Waals surface area contributed by atoms with Gasteiger partial charge in [-0.15, -0.1) is 11.3 Å². The average Bonchev–Trinajstić information content (AvgIpc) is 4.04. The fourth-order valence-electron chi connectivity index (χ4n) is 11.1. The van der Waals surface area contributed by atoms with Gasteiger partial charge < -0.3 is 9.32 Å². The van der Waals surface area contributed by atoms with E-state index in [1.54, 1.807) is 0 Å². The van der Waals surface area contributed by atoms with Crippen molar-refractivity contribution >= 4 is 70.5 Å². The molecule has 0 saturated heterocycles. The van der Waals surface area contributed by atoms with Crippen LogP contribution in [-0.2, 0) is 10.8 Å². The zero-order valence-electron chi connectivity index (χ0n) is 33.8. The minimum Gasteiger partial charge on any atom is -0.453 e. The molecule has 0 saturated carbocycles. The fourth-order valence-corrected chi connectivity index (χ4v) is 12.3. The van der Waals surface area contributed by atoms with Crippen molar-refractivity contribution in [1.82, 2.24) is 0 Å². The van der Waals surface area contributed by atoms with E-state index in [-0.39, 0.29) is 5.41 Å². The highest BCUT2D eigenvalue weighted by molar-refractivity contribution is 7.26. The number of benzene rings is 9. The van der Waals surface area contributed by atoms with E-state index in [1.807, 2.05) is 11.3 Å². The predicted octanol–water partition coefficient (Wildman–Crippen LogP) is 16.1. The van der Waals surface area contributed by atoms with Crippen LogP contribution in [0.25, 0.3) is 64.4 Å². The third-order valence-corrected chi connectivity index (χ3v) is 15.0. The van der Waals surface area contributed by atoms with Crippen LogP contribution in [0.15, 0.2) is 205 Å². The van der Waals surface area contributed by atoms with E-state index in [2.05, 4.69) is 219 Å². The smallest absolute Gasteiger partial charge is 0.159 e. The Labute approximate surface area is 358 Å². The van der Waals surface area contributed by atoms with Gasteiger partial charge in [-0.1, -0.05) is 184 Å². The molecule has 2 nitrogen and oxygen atoms in total. The maximum Gasteiger partial charge on any atom is 0.159 e. The van der Waals surface area contributed by atoms with Crippen molar-refractivity contribution in [2.75, 3.05) is 4.90 Å². The molecule has 0 aliphatic heterocycles. The van der Waals surface area contributed by atoms with Gasteiger partial charge in [-0.2, -0.15) is 0 Å². The van der Waals surface area contributed by atoms with Gasteiger partial charge in [0, 0.05) is 42.9 Å². The van der Waals surface area contributed by atoms with Crippen molar-refractivity contribution in [2.45, 2.75) is 24.7 Å². The molecular formula is C58H39NOS. The molecular weight excluding hydrogens is 759 g/mol. The second-order valence-corrected chi connectivity index (χ2v) is 18.2. The van der Waals surface area contributed by atoms with Crippen LogP contribution in [0.2, 0.25) is 0 Å². The normalized spacial score (nSPS) is 14.3. The number of thiophene rings is 1. The van der Waals surface area contributed by atoms with Crippen LogP contribution in [0.3, 0.4) is 0 Å². The number of nitrogens with zero attached hydrogens (tertiary/aromatic N) is 1. The van der Waals surface area contributed by atoms with Crippen molar-refractivity contribution in [1.29, 1.82) is 0 Å². The molecule has 0 fully saturated rings. The third kappa shape index (κ3) is 4.62. The van der Waals surface area contributed by atoms with Crippen molar-refractivity contribution in [3.05, 3.63) is 234 Å². The van der Waals surface area contributed by atoms with E-state index in [4.69, 9.17) is 4.42 Å². The van der Waals surface area contributed by atoms with E-state index in [0.29, 0.717) is 0 Å². The Morgan fingerprint density at radius 3 is 1.70 bits per heavy atom. The summed E-state index contributed by atoms with van der Waals surface area (Å²) in [6.07, 6.45) is 0. The number of hydrogen-bond donors (Lipinski definition) is 0. The molecule has 0 radical (unpaired) electrons. The van der Waals surface area contributed by atoms with Crippen molar-refractivity contribution in [3.63, 3.8) is 0 Å². The monoisotopic (exact) mass is 797 g/mol.